The number of rotatable bonds is 2. The van der Waals surface area contributed by atoms with Crippen LogP contribution in [0, 0.1) is 6.92 Å². The summed E-state index contributed by atoms with van der Waals surface area (Å²) < 4.78 is 1.69. The molecule has 108 valence electrons. The number of fused-ring (bicyclic) bond motifs is 1. The number of aliphatic imine (C=N–C) groups is 1. The van der Waals surface area contributed by atoms with Crippen molar-refractivity contribution in [2.45, 2.75) is 20.4 Å². The van der Waals surface area contributed by atoms with Crippen LogP contribution in [-0.4, -0.2) is 27.9 Å². The highest BCUT2D eigenvalue weighted by Crippen LogP contribution is 2.26. The van der Waals surface area contributed by atoms with E-state index >= 15 is 0 Å². The fourth-order valence-electron chi connectivity index (χ4n) is 2.39. The maximum absolute atomic E-state index is 12.3. The number of amides is 1. The maximum Gasteiger partial charge on any atom is 0.272 e. The highest BCUT2D eigenvalue weighted by molar-refractivity contribution is 6.30. The van der Waals surface area contributed by atoms with E-state index in [0.29, 0.717) is 29.5 Å². The van der Waals surface area contributed by atoms with E-state index in [1.54, 1.807) is 4.68 Å². The van der Waals surface area contributed by atoms with Crippen LogP contribution in [0.4, 0.5) is 5.69 Å². The molecule has 2 aromatic rings. The highest BCUT2D eigenvalue weighted by Gasteiger charge is 2.24. The zero-order valence-corrected chi connectivity index (χ0v) is 12.6. The first-order valence-electron chi connectivity index (χ1n) is 6.79. The molecule has 0 saturated carbocycles. The summed E-state index contributed by atoms with van der Waals surface area (Å²) in [5.41, 5.74) is 3.68. The van der Waals surface area contributed by atoms with E-state index < -0.39 is 0 Å². The van der Waals surface area contributed by atoms with Crippen LogP contribution in [0.2, 0.25) is 5.02 Å². The van der Waals surface area contributed by atoms with Crippen molar-refractivity contribution in [3.63, 3.8) is 0 Å². The van der Waals surface area contributed by atoms with Crippen molar-refractivity contribution in [3.05, 3.63) is 46.2 Å². The van der Waals surface area contributed by atoms with E-state index in [1.165, 1.54) is 0 Å². The number of aryl methyl sites for hydroxylation is 2. The van der Waals surface area contributed by atoms with Gasteiger partial charge in [-0.2, -0.15) is 5.10 Å². The molecule has 0 saturated heterocycles. The Morgan fingerprint density at radius 2 is 2.05 bits per heavy atom. The molecule has 3 rings (SSSR count). The van der Waals surface area contributed by atoms with Crippen molar-refractivity contribution in [1.29, 1.82) is 0 Å². The molecule has 1 aliphatic heterocycles. The molecular formula is C15H15ClN4O. The fourth-order valence-corrected chi connectivity index (χ4v) is 2.52. The lowest BCUT2D eigenvalue weighted by atomic mass is 10.1. The first-order valence-corrected chi connectivity index (χ1v) is 7.17. The first kappa shape index (κ1) is 13.8. The average Bonchev–Trinajstić information content (AvgIpc) is 2.69. The monoisotopic (exact) mass is 302 g/mol. The summed E-state index contributed by atoms with van der Waals surface area (Å²) in [4.78, 5) is 16.9. The van der Waals surface area contributed by atoms with Gasteiger partial charge in [0, 0.05) is 11.6 Å². The topological polar surface area (TPSA) is 59.3 Å². The zero-order valence-electron chi connectivity index (χ0n) is 11.9. The van der Waals surface area contributed by atoms with E-state index in [4.69, 9.17) is 11.6 Å². The van der Waals surface area contributed by atoms with Crippen molar-refractivity contribution < 1.29 is 4.79 Å². The maximum atomic E-state index is 12.3. The predicted octanol–water partition coefficient (Wildman–Crippen LogP) is 2.73. The lowest BCUT2D eigenvalue weighted by molar-refractivity contribution is 0.0950. The Labute approximate surface area is 127 Å². The Hall–Kier alpha value is -2.14. The lowest BCUT2D eigenvalue weighted by Gasteiger charge is -2.06. The number of carbonyl (C=O) groups is 1. The minimum absolute atomic E-state index is 0.139. The van der Waals surface area contributed by atoms with Crippen LogP contribution in [0.1, 0.15) is 28.7 Å². The van der Waals surface area contributed by atoms with Gasteiger partial charge in [-0.25, -0.2) is 4.99 Å². The van der Waals surface area contributed by atoms with Crippen LogP contribution >= 0.6 is 11.6 Å². The molecule has 1 amide bonds. The summed E-state index contributed by atoms with van der Waals surface area (Å²) in [6.45, 7) is 4.84. The lowest BCUT2D eigenvalue weighted by Crippen LogP contribution is -2.29. The summed E-state index contributed by atoms with van der Waals surface area (Å²) in [7, 11) is 0. The van der Waals surface area contributed by atoms with E-state index in [1.807, 2.05) is 38.1 Å². The number of benzene rings is 1. The number of hydrogen-bond acceptors (Lipinski definition) is 3. The SMILES string of the molecule is CCn1nc(C)c2c1C(=O)NCC(c1ccc(Cl)cc1)=N2. The number of nitrogens with one attached hydrogen (secondary N) is 1. The Kier molecular flexibility index (Phi) is 3.51. The minimum Gasteiger partial charge on any atom is -0.345 e. The molecule has 6 heteroatoms. The molecule has 0 bridgehead atoms. The van der Waals surface area contributed by atoms with Crippen LogP contribution in [0.25, 0.3) is 0 Å². The molecule has 1 aromatic carbocycles. The van der Waals surface area contributed by atoms with Gasteiger partial charge in [0.25, 0.3) is 5.91 Å². The molecule has 1 N–H and O–H groups in total. The first-order chi connectivity index (χ1) is 10.1. The molecule has 0 radical (unpaired) electrons. The fraction of sp³-hybridized carbons (Fsp3) is 0.267. The highest BCUT2D eigenvalue weighted by atomic mass is 35.5. The van der Waals surface area contributed by atoms with Crippen molar-refractivity contribution >= 4 is 28.9 Å². The van der Waals surface area contributed by atoms with E-state index in [-0.39, 0.29) is 5.91 Å². The number of nitrogens with zero attached hydrogens (tertiary/aromatic N) is 3. The number of hydrogen-bond donors (Lipinski definition) is 1. The van der Waals surface area contributed by atoms with Gasteiger partial charge < -0.3 is 5.32 Å². The molecule has 0 fully saturated rings. The van der Waals surface area contributed by atoms with Crippen LogP contribution in [-0.2, 0) is 6.54 Å². The summed E-state index contributed by atoms with van der Waals surface area (Å²) in [6.07, 6.45) is 0. The quantitative estimate of drug-likeness (QED) is 0.927. The molecular weight excluding hydrogens is 288 g/mol. The molecule has 0 aliphatic carbocycles. The third-order valence-electron chi connectivity index (χ3n) is 3.45. The van der Waals surface area contributed by atoms with Gasteiger partial charge in [-0.3, -0.25) is 9.48 Å². The summed E-state index contributed by atoms with van der Waals surface area (Å²) in [5, 5.41) is 7.93. The molecule has 2 heterocycles. The van der Waals surface area contributed by atoms with Gasteiger partial charge in [0.15, 0.2) is 5.69 Å². The van der Waals surface area contributed by atoms with Gasteiger partial charge in [-0.05, 0) is 31.5 Å². The molecule has 5 nitrogen and oxygen atoms in total. The Morgan fingerprint density at radius 3 is 2.71 bits per heavy atom. The Bertz CT molecular complexity index is 731. The van der Waals surface area contributed by atoms with Gasteiger partial charge in [-0.1, -0.05) is 23.7 Å². The molecule has 21 heavy (non-hydrogen) atoms. The second-order valence-electron chi connectivity index (χ2n) is 4.85. The number of halogens is 1. The second-order valence-corrected chi connectivity index (χ2v) is 5.28. The summed E-state index contributed by atoms with van der Waals surface area (Å²) >= 11 is 5.91. The molecule has 1 aliphatic rings. The largest absolute Gasteiger partial charge is 0.345 e. The van der Waals surface area contributed by atoms with E-state index in [0.717, 1.165) is 17.0 Å². The Balaban J connectivity index is 2.12. The normalized spacial score (nSPS) is 14.2. The van der Waals surface area contributed by atoms with Crippen LogP contribution in [0.15, 0.2) is 29.3 Å². The van der Waals surface area contributed by atoms with Crippen molar-refractivity contribution in [3.8, 4) is 0 Å². The molecule has 0 atom stereocenters. The second kappa shape index (κ2) is 5.33. The number of aromatic nitrogens is 2. The van der Waals surface area contributed by atoms with E-state index in [2.05, 4.69) is 15.4 Å². The van der Waals surface area contributed by atoms with Crippen LogP contribution < -0.4 is 5.32 Å². The van der Waals surface area contributed by atoms with Gasteiger partial charge in [0.1, 0.15) is 5.69 Å². The molecule has 0 unspecified atom stereocenters. The van der Waals surface area contributed by atoms with Gasteiger partial charge >= 0.3 is 0 Å². The third kappa shape index (κ3) is 2.45. The predicted molar refractivity (Wildman–Crippen MR) is 82.6 cm³/mol. The smallest absolute Gasteiger partial charge is 0.272 e. The number of carbonyl (C=O) groups excluding carboxylic acids is 1. The van der Waals surface area contributed by atoms with Crippen molar-refractivity contribution in [2.24, 2.45) is 4.99 Å². The summed E-state index contributed by atoms with van der Waals surface area (Å²) in [6, 6.07) is 7.43. The van der Waals surface area contributed by atoms with Crippen molar-refractivity contribution in [2.75, 3.05) is 6.54 Å². The van der Waals surface area contributed by atoms with Gasteiger partial charge in [0.2, 0.25) is 0 Å². The van der Waals surface area contributed by atoms with Crippen LogP contribution in [0.5, 0.6) is 0 Å². The Morgan fingerprint density at radius 1 is 1.33 bits per heavy atom. The van der Waals surface area contributed by atoms with Gasteiger partial charge in [-0.15, -0.1) is 0 Å². The summed E-state index contributed by atoms with van der Waals surface area (Å²) in [5.74, 6) is -0.139. The van der Waals surface area contributed by atoms with E-state index in [9.17, 15) is 4.79 Å². The standard InChI is InChI=1S/C15H15ClN4O/c1-3-20-14-13(9(2)19-20)18-12(8-17-15(14)21)10-4-6-11(16)7-5-10/h4-7H,3,8H2,1-2H3,(H,17,21). The zero-order chi connectivity index (χ0) is 15.0. The third-order valence-corrected chi connectivity index (χ3v) is 3.70. The minimum atomic E-state index is -0.139. The van der Waals surface area contributed by atoms with Gasteiger partial charge in [0.05, 0.1) is 18.0 Å². The molecule has 0 spiro atoms. The van der Waals surface area contributed by atoms with Crippen LogP contribution in [0.3, 0.4) is 0 Å². The average molecular weight is 303 g/mol. The van der Waals surface area contributed by atoms with Crippen molar-refractivity contribution in [1.82, 2.24) is 15.1 Å². The molecule has 1 aromatic heterocycles.